The second kappa shape index (κ2) is 6.36. The highest BCUT2D eigenvalue weighted by Crippen LogP contribution is 2.25. The molecule has 0 aliphatic heterocycles. The third-order valence-electron chi connectivity index (χ3n) is 2.70. The Hall–Kier alpha value is -1.84. The molecular formula is C15H20O4. The van der Waals surface area contributed by atoms with Crippen LogP contribution in [0.5, 0.6) is 5.75 Å². The Labute approximate surface area is 113 Å². The quantitative estimate of drug-likeness (QED) is 0.655. The van der Waals surface area contributed by atoms with Crippen LogP contribution in [0.15, 0.2) is 24.3 Å². The minimum Gasteiger partial charge on any atom is -0.481 e. The first-order valence-electron chi connectivity index (χ1n) is 6.32. The molecule has 0 saturated heterocycles. The number of carbonyl (C=O) groups excluding carboxylic acids is 1. The summed E-state index contributed by atoms with van der Waals surface area (Å²) >= 11 is 0. The monoisotopic (exact) mass is 264 g/mol. The molecule has 0 amide bonds. The summed E-state index contributed by atoms with van der Waals surface area (Å²) in [6, 6.07) is 7.40. The van der Waals surface area contributed by atoms with Crippen LogP contribution in [0.1, 0.15) is 45.6 Å². The van der Waals surface area contributed by atoms with Gasteiger partial charge in [-0.1, -0.05) is 32.9 Å². The first-order chi connectivity index (χ1) is 8.79. The number of carboxylic acids is 1. The molecule has 0 bridgehead atoms. The summed E-state index contributed by atoms with van der Waals surface area (Å²) < 4.78 is 5.20. The number of carboxylic acid groups (broad SMARTS) is 1. The molecule has 1 rings (SSSR count). The van der Waals surface area contributed by atoms with Crippen LogP contribution in [0, 0.1) is 0 Å². The molecule has 1 aromatic rings. The molecule has 19 heavy (non-hydrogen) atoms. The molecule has 4 heteroatoms. The van der Waals surface area contributed by atoms with Crippen molar-refractivity contribution in [2.45, 2.75) is 45.4 Å². The topological polar surface area (TPSA) is 63.6 Å². The molecule has 1 N–H and O–H groups in total. The summed E-state index contributed by atoms with van der Waals surface area (Å²) in [7, 11) is 0. The molecule has 0 aliphatic rings. The van der Waals surface area contributed by atoms with Crippen molar-refractivity contribution in [3.05, 3.63) is 29.8 Å². The van der Waals surface area contributed by atoms with Crippen molar-refractivity contribution in [2.75, 3.05) is 0 Å². The van der Waals surface area contributed by atoms with Crippen LogP contribution in [0.4, 0.5) is 0 Å². The van der Waals surface area contributed by atoms with Crippen molar-refractivity contribution in [1.29, 1.82) is 0 Å². The Morgan fingerprint density at radius 1 is 1.21 bits per heavy atom. The second-order valence-corrected chi connectivity index (χ2v) is 5.50. The average Bonchev–Trinajstić information content (AvgIpc) is 2.27. The minimum atomic E-state index is -0.900. The lowest BCUT2D eigenvalue weighted by molar-refractivity contribution is -0.137. The van der Waals surface area contributed by atoms with Crippen LogP contribution < -0.4 is 4.74 Å². The lowest BCUT2D eigenvalue weighted by atomic mass is 9.87. The fourth-order valence-electron chi connectivity index (χ4n) is 1.59. The van der Waals surface area contributed by atoms with E-state index in [1.54, 1.807) is 6.07 Å². The molecule has 104 valence electrons. The molecule has 0 fully saturated rings. The van der Waals surface area contributed by atoms with Gasteiger partial charge in [0.15, 0.2) is 0 Å². The van der Waals surface area contributed by atoms with Gasteiger partial charge < -0.3 is 9.84 Å². The van der Waals surface area contributed by atoms with Crippen molar-refractivity contribution < 1.29 is 19.4 Å². The van der Waals surface area contributed by atoms with E-state index in [0.717, 1.165) is 5.56 Å². The van der Waals surface area contributed by atoms with Crippen molar-refractivity contribution >= 4 is 11.9 Å². The lowest BCUT2D eigenvalue weighted by Crippen LogP contribution is -2.12. The van der Waals surface area contributed by atoms with E-state index < -0.39 is 11.9 Å². The molecule has 0 aliphatic carbocycles. The molecule has 0 aromatic heterocycles. The fourth-order valence-corrected chi connectivity index (χ4v) is 1.59. The summed E-state index contributed by atoms with van der Waals surface area (Å²) in [6.45, 7) is 6.25. The molecule has 0 heterocycles. The van der Waals surface area contributed by atoms with Gasteiger partial charge in [-0.2, -0.15) is 0 Å². The van der Waals surface area contributed by atoms with Crippen LogP contribution in [-0.2, 0) is 15.0 Å². The third kappa shape index (κ3) is 5.55. The van der Waals surface area contributed by atoms with Crippen LogP contribution in [0.2, 0.25) is 0 Å². The van der Waals surface area contributed by atoms with E-state index in [-0.39, 0.29) is 18.3 Å². The number of rotatable bonds is 5. The maximum Gasteiger partial charge on any atom is 0.311 e. The van der Waals surface area contributed by atoms with Crippen molar-refractivity contribution in [2.24, 2.45) is 0 Å². The van der Waals surface area contributed by atoms with Gasteiger partial charge in [0.2, 0.25) is 0 Å². The highest BCUT2D eigenvalue weighted by atomic mass is 16.5. The predicted molar refractivity (Wildman–Crippen MR) is 72.3 cm³/mol. The Morgan fingerprint density at radius 3 is 2.47 bits per heavy atom. The van der Waals surface area contributed by atoms with E-state index >= 15 is 0 Å². The number of hydrogen-bond acceptors (Lipinski definition) is 3. The first kappa shape index (κ1) is 15.2. The number of ether oxygens (including phenoxy) is 1. The van der Waals surface area contributed by atoms with E-state index in [0.29, 0.717) is 12.2 Å². The number of aliphatic carboxylic acids is 1. The zero-order chi connectivity index (χ0) is 14.5. The summed E-state index contributed by atoms with van der Waals surface area (Å²) in [5.74, 6) is -0.789. The summed E-state index contributed by atoms with van der Waals surface area (Å²) in [5, 5.41) is 8.49. The van der Waals surface area contributed by atoms with Crippen LogP contribution in [0.25, 0.3) is 0 Å². The molecule has 0 saturated carbocycles. The largest absolute Gasteiger partial charge is 0.481 e. The molecule has 0 radical (unpaired) electrons. The molecular weight excluding hydrogens is 244 g/mol. The van der Waals surface area contributed by atoms with E-state index in [2.05, 4.69) is 20.8 Å². The molecule has 0 unspecified atom stereocenters. The van der Waals surface area contributed by atoms with Crippen molar-refractivity contribution in [3.8, 4) is 5.75 Å². The zero-order valence-corrected chi connectivity index (χ0v) is 11.6. The third-order valence-corrected chi connectivity index (χ3v) is 2.70. The van der Waals surface area contributed by atoms with Gasteiger partial charge in [0, 0.05) is 12.8 Å². The normalized spacial score (nSPS) is 11.1. The van der Waals surface area contributed by atoms with Gasteiger partial charge in [-0.15, -0.1) is 0 Å². The highest BCUT2D eigenvalue weighted by Gasteiger charge is 2.15. The molecule has 0 atom stereocenters. The molecule has 1 aromatic carbocycles. The van der Waals surface area contributed by atoms with Crippen molar-refractivity contribution in [1.82, 2.24) is 0 Å². The number of esters is 1. The van der Waals surface area contributed by atoms with E-state index in [1.165, 1.54) is 0 Å². The predicted octanol–water partition coefficient (Wildman–Crippen LogP) is 3.14. The number of benzene rings is 1. The fraction of sp³-hybridized carbons (Fsp3) is 0.467. The number of hydrogen-bond donors (Lipinski definition) is 1. The number of carbonyl (C=O) groups is 2. The van der Waals surface area contributed by atoms with Gasteiger partial charge in [-0.3, -0.25) is 9.59 Å². The van der Waals surface area contributed by atoms with Gasteiger partial charge in [-0.25, -0.2) is 0 Å². The summed E-state index contributed by atoms with van der Waals surface area (Å²) in [6.07, 6.45) is 0.399. The van der Waals surface area contributed by atoms with Gasteiger partial charge in [-0.05, 0) is 29.5 Å². The van der Waals surface area contributed by atoms with Crippen molar-refractivity contribution in [3.63, 3.8) is 0 Å². The zero-order valence-electron chi connectivity index (χ0n) is 11.6. The van der Waals surface area contributed by atoms with Gasteiger partial charge >= 0.3 is 11.9 Å². The first-order valence-corrected chi connectivity index (χ1v) is 6.32. The van der Waals surface area contributed by atoms with E-state index in [4.69, 9.17) is 9.84 Å². The molecule has 4 nitrogen and oxygen atoms in total. The smallest absolute Gasteiger partial charge is 0.311 e. The Bertz CT molecular complexity index is 457. The summed E-state index contributed by atoms with van der Waals surface area (Å²) in [4.78, 5) is 21.9. The van der Waals surface area contributed by atoms with E-state index in [1.807, 2.05) is 18.2 Å². The van der Waals surface area contributed by atoms with Crippen LogP contribution in [-0.4, -0.2) is 17.0 Å². The summed E-state index contributed by atoms with van der Waals surface area (Å²) in [5.41, 5.74) is 1.08. The van der Waals surface area contributed by atoms with Gasteiger partial charge in [0.05, 0.1) is 0 Å². The average molecular weight is 264 g/mol. The van der Waals surface area contributed by atoms with Crippen LogP contribution in [0.3, 0.4) is 0 Å². The van der Waals surface area contributed by atoms with E-state index in [9.17, 15) is 9.59 Å². The lowest BCUT2D eigenvalue weighted by Gasteiger charge is -2.19. The standard InChI is InChI=1S/C15H20O4/c1-15(2,3)11-6-4-7-12(10-11)19-14(18)9-5-8-13(16)17/h4,6-7,10H,5,8-9H2,1-3H3,(H,16,17). The highest BCUT2D eigenvalue weighted by molar-refractivity contribution is 5.73. The van der Waals surface area contributed by atoms with Gasteiger partial charge in [0.1, 0.15) is 5.75 Å². The maximum atomic E-state index is 11.5. The Balaban J connectivity index is 2.57. The Kier molecular flexibility index (Phi) is 5.10. The maximum absolute atomic E-state index is 11.5. The molecule has 0 spiro atoms. The minimum absolute atomic E-state index is 0.00821. The Morgan fingerprint density at radius 2 is 1.89 bits per heavy atom. The van der Waals surface area contributed by atoms with Crippen LogP contribution >= 0.6 is 0 Å². The SMILES string of the molecule is CC(C)(C)c1cccc(OC(=O)CCCC(=O)O)c1. The second-order valence-electron chi connectivity index (χ2n) is 5.50. The van der Waals surface area contributed by atoms with Gasteiger partial charge in [0.25, 0.3) is 0 Å².